The van der Waals surface area contributed by atoms with Crippen molar-refractivity contribution in [2.75, 3.05) is 26.7 Å². The van der Waals surface area contributed by atoms with Crippen molar-refractivity contribution in [1.29, 1.82) is 0 Å². The summed E-state index contributed by atoms with van der Waals surface area (Å²) in [5.74, 6) is -0.288. The average Bonchev–Trinajstić information content (AvgIpc) is 2.76. The minimum absolute atomic E-state index is 0.000590. The number of hydrogen-bond donors (Lipinski definition) is 1. The van der Waals surface area contributed by atoms with E-state index in [4.69, 9.17) is 4.42 Å². The van der Waals surface area contributed by atoms with Gasteiger partial charge in [-0.15, -0.1) is 0 Å². The number of carbonyl (C=O) groups excluding carboxylic acids is 2. The number of piperazine rings is 1. The number of carbonyl (C=O) groups is 2. The number of esters is 1. The van der Waals surface area contributed by atoms with Gasteiger partial charge >= 0.3 is 5.97 Å². The highest BCUT2D eigenvalue weighted by Crippen LogP contribution is 2.14. The lowest BCUT2D eigenvalue weighted by Gasteiger charge is -2.25. The number of ether oxygens (including phenoxy) is 1. The Labute approximate surface area is 98.5 Å². The van der Waals surface area contributed by atoms with Gasteiger partial charge in [0.1, 0.15) is 0 Å². The maximum Gasteiger partial charge on any atom is 0.374 e. The van der Waals surface area contributed by atoms with Crippen LogP contribution in [0.25, 0.3) is 0 Å². The molecule has 0 aliphatic carbocycles. The molecular weight excluding hydrogens is 224 g/mol. The highest BCUT2D eigenvalue weighted by atomic mass is 16.5. The molecule has 6 nitrogen and oxygen atoms in total. The van der Waals surface area contributed by atoms with E-state index in [0.29, 0.717) is 19.6 Å². The van der Waals surface area contributed by atoms with Crippen LogP contribution in [-0.2, 0) is 16.1 Å². The minimum atomic E-state index is -0.494. The highest BCUT2D eigenvalue weighted by molar-refractivity contribution is 5.87. The summed E-state index contributed by atoms with van der Waals surface area (Å²) in [5.41, 5.74) is 0.742. The first-order valence-electron chi connectivity index (χ1n) is 5.34. The highest BCUT2D eigenvalue weighted by Gasteiger charge is 2.21. The molecule has 2 heterocycles. The van der Waals surface area contributed by atoms with Gasteiger partial charge in [0.25, 0.3) is 0 Å². The third kappa shape index (κ3) is 2.65. The molecule has 0 radical (unpaired) electrons. The summed E-state index contributed by atoms with van der Waals surface area (Å²) in [4.78, 5) is 24.6. The van der Waals surface area contributed by atoms with Crippen LogP contribution in [0.5, 0.6) is 0 Å². The van der Waals surface area contributed by atoms with Gasteiger partial charge in [0.05, 0.1) is 19.9 Å². The van der Waals surface area contributed by atoms with Gasteiger partial charge < -0.3 is 14.5 Å². The largest absolute Gasteiger partial charge is 0.463 e. The molecule has 0 aromatic carbocycles. The summed E-state index contributed by atoms with van der Waals surface area (Å²) in [7, 11) is 1.31. The molecule has 1 amide bonds. The van der Waals surface area contributed by atoms with Crippen LogP contribution in [0.4, 0.5) is 0 Å². The first-order chi connectivity index (χ1) is 8.20. The fourth-order valence-corrected chi connectivity index (χ4v) is 1.80. The molecule has 6 heteroatoms. The van der Waals surface area contributed by atoms with Crippen LogP contribution in [0.15, 0.2) is 16.7 Å². The number of amides is 1. The van der Waals surface area contributed by atoms with E-state index in [1.807, 2.05) is 4.90 Å². The van der Waals surface area contributed by atoms with E-state index in [1.165, 1.54) is 13.4 Å². The summed E-state index contributed by atoms with van der Waals surface area (Å²) < 4.78 is 9.70. The van der Waals surface area contributed by atoms with Gasteiger partial charge in [0.2, 0.25) is 11.7 Å². The van der Waals surface area contributed by atoms with Crippen molar-refractivity contribution < 1.29 is 18.7 Å². The van der Waals surface area contributed by atoms with Gasteiger partial charge in [-0.25, -0.2) is 4.79 Å². The van der Waals surface area contributed by atoms with Crippen molar-refractivity contribution in [3.63, 3.8) is 0 Å². The van der Waals surface area contributed by atoms with Gasteiger partial charge in [-0.2, -0.15) is 0 Å². The van der Waals surface area contributed by atoms with E-state index in [-0.39, 0.29) is 11.7 Å². The molecule has 0 bridgehead atoms. The predicted octanol–water partition coefficient (Wildman–Crippen LogP) is -0.00200. The zero-order valence-electron chi connectivity index (χ0n) is 9.56. The standard InChI is InChI=1S/C11H14N2O4/c1-16-11(15)10-8(2-5-17-10)6-13-4-3-12-9(14)7-13/h2,5H,3-4,6-7H2,1H3,(H,12,14). The molecule has 1 aromatic rings. The van der Waals surface area contributed by atoms with E-state index in [9.17, 15) is 9.59 Å². The fourth-order valence-electron chi connectivity index (χ4n) is 1.80. The molecule has 0 atom stereocenters. The number of hydrogen-bond acceptors (Lipinski definition) is 5. The van der Waals surface area contributed by atoms with E-state index in [0.717, 1.165) is 12.1 Å². The monoisotopic (exact) mass is 238 g/mol. The molecule has 1 aromatic heterocycles. The second-order valence-corrected chi connectivity index (χ2v) is 3.83. The lowest BCUT2D eigenvalue weighted by atomic mass is 10.2. The normalized spacial score (nSPS) is 16.6. The summed E-state index contributed by atoms with van der Waals surface area (Å²) in [6.45, 7) is 2.24. The van der Waals surface area contributed by atoms with Crippen LogP contribution in [-0.4, -0.2) is 43.5 Å². The van der Waals surface area contributed by atoms with Crippen molar-refractivity contribution >= 4 is 11.9 Å². The summed E-state index contributed by atoms with van der Waals surface area (Å²) >= 11 is 0. The van der Waals surface area contributed by atoms with Gasteiger partial charge in [-0.3, -0.25) is 9.69 Å². The van der Waals surface area contributed by atoms with Crippen LogP contribution >= 0.6 is 0 Å². The minimum Gasteiger partial charge on any atom is -0.463 e. The van der Waals surface area contributed by atoms with Crippen molar-refractivity contribution in [1.82, 2.24) is 10.2 Å². The molecule has 0 unspecified atom stereocenters. The Kier molecular flexibility index (Phi) is 3.43. The maximum atomic E-state index is 11.4. The Bertz CT molecular complexity index is 427. The third-order valence-corrected chi connectivity index (χ3v) is 2.63. The number of furan rings is 1. The van der Waals surface area contributed by atoms with Crippen molar-refractivity contribution in [2.24, 2.45) is 0 Å². The number of nitrogens with zero attached hydrogens (tertiary/aromatic N) is 1. The topological polar surface area (TPSA) is 71.8 Å². The zero-order valence-corrected chi connectivity index (χ0v) is 9.56. The third-order valence-electron chi connectivity index (χ3n) is 2.63. The fraction of sp³-hybridized carbons (Fsp3) is 0.455. The Hall–Kier alpha value is -1.82. The smallest absolute Gasteiger partial charge is 0.374 e. The van der Waals surface area contributed by atoms with E-state index in [2.05, 4.69) is 10.1 Å². The SMILES string of the molecule is COC(=O)c1occc1CN1CCNC(=O)C1. The van der Waals surface area contributed by atoms with E-state index < -0.39 is 5.97 Å². The molecule has 1 aliphatic rings. The van der Waals surface area contributed by atoms with Crippen LogP contribution < -0.4 is 5.32 Å². The predicted molar refractivity (Wildman–Crippen MR) is 58.3 cm³/mol. The molecule has 17 heavy (non-hydrogen) atoms. The number of nitrogens with one attached hydrogen (secondary N) is 1. The van der Waals surface area contributed by atoms with Crippen LogP contribution in [0.3, 0.4) is 0 Å². The molecule has 1 saturated heterocycles. The molecule has 1 fully saturated rings. The quantitative estimate of drug-likeness (QED) is 0.750. The molecular formula is C11H14N2O4. The van der Waals surface area contributed by atoms with Gasteiger partial charge in [0.15, 0.2) is 0 Å². The molecule has 92 valence electrons. The van der Waals surface area contributed by atoms with Crippen LogP contribution in [0, 0.1) is 0 Å². The summed E-state index contributed by atoms with van der Waals surface area (Å²) in [5, 5.41) is 2.74. The summed E-state index contributed by atoms with van der Waals surface area (Å²) in [6, 6.07) is 1.72. The first kappa shape index (κ1) is 11.7. The van der Waals surface area contributed by atoms with Crippen LogP contribution in [0.2, 0.25) is 0 Å². The van der Waals surface area contributed by atoms with E-state index in [1.54, 1.807) is 6.07 Å². The zero-order chi connectivity index (χ0) is 12.3. The van der Waals surface area contributed by atoms with Gasteiger partial charge in [-0.1, -0.05) is 0 Å². The molecule has 1 aliphatic heterocycles. The van der Waals surface area contributed by atoms with Gasteiger partial charge in [-0.05, 0) is 6.07 Å². The second-order valence-electron chi connectivity index (χ2n) is 3.83. The maximum absolute atomic E-state index is 11.4. The lowest BCUT2D eigenvalue weighted by molar-refractivity contribution is -0.124. The van der Waals surface area contributed by atoms with Crippen LogP contribution in [0.1, 0.15) is 16.1 Å². The number of methoxy groups -OCH3 is 1. The molecule has 2 rings (SSSR count). The van der Waals surface area contributed by atoms with Crippen molar-refractivity contribution in [3.05, 3.63) is 23.7 Å². The Balaban J connectivity index is 2.05. The first-order valence-corrected chi connectivity index (χ1v) is 5.34. The summed E-state index contributed by atoms with van der Waals surface area (Å²) in [6.07, 6.45) is 1.45. The Morgan fingerprint density at radius 3 is 3.18 bits per heavy atom. The van der Waals surface area contributed by atoms with E-state index >= 15 is 0 Å². The van der Waals surface area contributed by atoms with Crippen molar-refractivity contribution in [2.45, 2.75) is 6.54 Å². The number of rotatable bonds is 3. The van der Waals surface area contributed by atoms with Gasteiger partial charge in [0, 0.05) is 25.2 Å². The molecule has 0 saturated carbocycles. The molecule has 1 N–H and O–H groups in total. The second kappa shape index (κ2) is 5.01. The Morgan fingerprint density at radius 2 is 2.47 bits per heavy atom. The average molecular weight is 238 g/mol. The Morgan fingerprint density at radius 1 is 1.65 bits per heavy atom. The lowest BCUT2D eigenvalue weighted by Crippen LogP contribution is -2.47. The van der Waals surface area contributed by atoms with Crippen molar-refractivity contribution in [3.8, 4) is 0 Å². The molecule has 0 spiro atoms.